The molecule has 0 spiro atoms. The second kappa shape index (κ2) is 6.50. The highest BCUT2D eigenvalue weighted by molar-refractivity contribution is 6.31. The van der Waals surface area contributed by atoms with E-state index in [0.717, 1.165) is 36.5 Å². The van der Waals surface area contributed by atoms with Gasteiger partial charge in [-0.15, -0.1) is 0 Å². The van der Waals surface area contributed by atoms with Crippen LogP contribution in [0.25, 0.3) is 0 Å². The van der Waals surface area contributed by atoms with E-state index >= 15 is 0 Å². The standard InChI is InChI=1S/C18H19ClN2O2/c1-20-18(22)13-8-14(19)11-15(9-13)21-7-3-4-12-10-16(23-2)5-6-17(12)21/h5-6,8-11H,3-4,7H2,1-2H3,(H,20,22). The van der Waals surface area contributed by atoms with Gasteiger partial charge in [0.2, 0.25) is 0 Å². The minimum absolute atomic E-state index is 0.138. The van der Waals surface area contributed by atoms with Crippen LogP contribution in [-0.2, 0) is 6.42 Å². The van der Waals surface area contributed by atoms with Crippen LogP contribution in [0, 0.1) is 0 Å². The van der Waals surface area contributed by atoms with Gasteiger partial charge in [-0.2, -0.15) is 0 Å². The van der Waals surface area contributed by atoms with Gasteiger partial charge >= 0.3 is 0 Å². The highest BCUT2D eigenvalue weighted by Gasteiger charge is 2.20. The van der Waals surface area contributed by atoms with Gasteiger partial charge in [-0.1, -0.05) is 11.6 Å². The lowest BCUT2D eigenvalue weighted by Gasteiger charge is -2.32. The Labute approximate surface area is 141 Å². The molecule has 0 aromatic heterocycles. The van der Waals surface area contributed by atoms with E-state index in [0.29, 0.717) is 10.6 Å². The maximum atomic E-state index is 11.9. The molecule has 3 rings (SSSR count). The molecular formula is C18H19ClN2O2. The molecule has 2 aromatic rings. The quantitative estimate of drug-likeness (QED) is 0.931. The molecule has 4 nitrogen and oxygen atoms in total. The molecule has 0 unspecified atom stereocenters. The Morgan fingerprint density at radius 1 is 1.26 bits per heavy atom. The van der Waals surface area contributed by atoms with Crippen molar-refractivity contribution in [3.05, 3.63) is 52.5 Å². The fraction of sp³-hybridized carbons (Fsp3) is 0.278. The molecule has 0 radical (unpaired) electrons. The molecule has 120 valence electrons. The number of fused-ring (bicyclic) bond motifs is 1. The van der Waals surface area contributed by atoms with Gasteiger partial charge in [-0.25, -0.2) is 0 Å². The summed E-state index contributed by atoms with van der Waals surface area (Å²) >= 11 is 6.22. The molecule has 1 aliphatic rings. The number of ether oxygens (including phenoxy) is 1. The van der Waals surface area contributed by atoms with E-state index in [9.17, 15) is 4.79 Å². The van der Waals surface area contributed by atoms with E-state index in [4.69, 9.17) is 16.3 Å². The number of amides is 1. The number of hydrogen-bond acceptors (Lipinski definition) is 3. The van der Waals surface area contributed by atoms with Gasteiger partial charge in [0.05, 0.1) is 7.11 Å². The monoisotopic (exact) mass is 330 g/mol. The lowest BCUT2D eigenvalue weighted by Crippen LogP contribution is -2.25. The molecule has 1 amide bonds. The number of carbonyl (C=O) groups is 1. The first-order valence-electron chi connectivity index (χ1n) is 7.59. The van der Waals surface area contributed by atoms with Crippen molar-refractivity contribution in [3.8, 4) is 5.75 Å². The molecular weight excluding hydrogens is 312 g/mol. The fourth-order valence-electron chi connectivity index (χ4n) is 2.97. The van der Waals surface area contributed by atoms with Gasteiger partial charge in [0, 0.05) is 35.6 Å². The first-order valence-corrected chi connectivity index (χ1v) is 7.97. The number of hydrogen-bond donors (Lipinski definition) is 1. The molecule has 1 heterocycles. The largest absolute Gasteiger partial charge is 0.497 e. The van der Waals surface area contributed by atoms with Crippen molar-refractivity contribution >= 4 is 28.9 Å². The van der Waals surface area contributed by atoms with Crippen LogP contribution in [0.2, 0.25) is 5.02 Å². The molecule has 5 heteroatoms. The summed E-state index contributed by atoms with van der Waals surface area (Å²) in [5, 5.41) is 3.20. The zero-order chi connectivity index (χ0) is 16.4. The number of benzene rings is 2. The van der Waals surface area contributed by atoms with Crippen LogP contribution in [0.15, 0.2) is 36.4 Å². The maximum absolute atomic E-state index is 11.9. The van der Waals surface area contributed by atoms with Crippen molar-refractivity contribution in [2.45, 2.75) is 12.8 Å². The van der Waals surface area contributed by atoms with Crippen LogP contribution in [0.1, 0.15) is 22.3 Å². The molecule has 0 saturated heterocycles. The van der Waals surface area contributed by atoms with Crippen LogP contribution < -0.4 is 15.0 Å². The van der Waals surface area contributed by atoms with Crippen molar-refractivity contribution < 1.29 is 9.53 Å². The van der Waals surface area contributed by atoms with Gasteiger partial charge in [0.15, 0.2) is 0 Å². The summed E-state index contributed by atoms with van der Waals surface area (Å²) in [7, 11) is 3.29. The summed E-state index contributed by atoms with van der Waals surface area (Å²) in [6.07, 6.45) is 2.06. The Hall–Kier alpha value is -2.20. The Kier molecular flexibility index (Phi) is 4.44. The fourth-order valence-corrected chi connectivity index (χ4v) is 3.20. The number of anilines is 2. The van der Waals surface area contributed by atoms with Crippen LogP contribution in [0.4, 0.5) is 11.4 Å². The van der Waals surface area contributed by atoms with Gasteiger partial charge in [-0.3, -0.25) is 4.79 Å². The number of methoxy groups -OCH3 is 1. The SMILES string of the molecule is CNC(=O)c1cc(Cl)cc(N2CCCc3cc(OC)ccc32)c1. The molecule has 0 atom stereocenters. The van der Waals surface area contributed by atoms with E-state index < -0.39 is 0 Å². The Morgan fingerprint density at radius 3 is 2.83 bits per heavy atom. The second-order valence-electron chi connectivity index (χ2n) is 5.53. The summed E-state index contributed by atoms with van der Waals surface area (Å²) in [5.74, 6) is 0.725. The number of halogens is 1. The average molecular weight is 331 g/mol. The van der Waals surface area contributed by atoms with Crippen LogP contribution >= 0.6 is 11.6 Å². The zero-order valence-corrected chi connectivity index (χ0v) is 14.0. The van der Waals surface area contributed by atoms with Gasteiger partial charge in [-0.05, 0) is 54.8 Å². The predicted octanol–water partition coefficient (Wildman–Crippen LogP) is 3.79. The minimum atomic E-state index is -0.138. The van der Waals surface area contributed by atoms with Gasteiger partial charge < -0.3 is 15.0 Å². The van der Waals surface area contributed by atoms with Crippen molar-refractivity contribution in [2.75, 3.05) is 25.6 Å². The summed E-state index contributed by atoms with van der Waals surface area (Å²) in [6.45, 7) is 0.896. The molecule has 0 aliphatic carbocycles. The third-order valence-electron chi connectivity index (χ3n) is 4.09. The number of nitrogens with one attached hydrogen (secondary N) is 1. The normalized spacial score (nSPS) is 13.4. The van der Waals surface area contributed by atoms with Crippen molar-refractivity contribution in [1.82, 2.24) is 5.32 Å². The second-order valence-corrected chi connectivity index (χ2v) is 5.96. The number of aryl methyl sites for hydroxylation is 1. The van der Waals surface area contributed by atoms with Crippen LogP contribution in [0.3, 0.4) is 0 Å². The van der Waals surface area contributed by atoms with E-state index in [1.165, 1.54) is 5.56 Å². The van der Waals surface area contributed by atoms with E-state index in [1.54, 1.807) is 20.2 Å². The third-order valence-corrected chi connectivity index (χ3v) is 4.31. The van der Waals surface area contributed by atoms with Gasteiger partial charge in [0.25, 0.3) is 5.91 Å². The minimum Gasteiger partial charge on any atom is -0.497 e. The Bertz CT molecular complexity index is 746. The highest BCUT2D eigenvalue weighted by Crippen LogP contribution is 2.36. The number of nitrogens with zero attached hydrogens (tertiary/aromatic N) is 1. The summed E-state index contributed by atoms with van der Waals surface area (Å²) in [5.41, 5.74) is 3.89. The number of rotatable bonds is 3. The lowest BCUT2D eigenvalue weighted by atomic mass is 10.00. The first-order chi connectivity index (χ1) is 11.1. The lowest BCUT2D eigenvalue weighted by molar-refractivity contribution is 0.0963. The summed E-state index contributed by atoms with van der Waals surface area (Å²) < 4.78 is 5.31. The summed E-state index contributed by atoms with van der Waals surface area (Å²) in [4.78, 5) is 14.1. The van der Waals surface area contributed by atoms with Crippen LogP contribution in [0.5, 0.6) is 5.75 Å². The molecule has 1 aliphatic heterocycles. The first kappa shape index (κ1) is 15.7. The molecule has 23 heavy (non-hydrogen) atoms. The van der Waals surface area contributed by atoms with Crippen molar-refractivity contribution in [2.24, 2.45) is 0 Å². The zero-order valence-electron chi connectivity index (χ0n) is 13.2. The summed E-state index contributed by atoms with van der Waals surface area (Å²) in [6, 6.07) is 11.6. The van der Waals surface area contributed by atoms with E-state index in [2.05, 4.69) is 22.3 Å². The molecule has 2 aromatic carbocycles. The molecule has 0 bridgehead atoms. The average Bonchev–Trinajstić information content (AvgIpc) is 2.59. The van der Waals surface area contributed by atoms with Crippen LogP contribution in [-0.4, -0.2) is 26.6 Å². The molecule has 0 fully saturated rings. The predicted molar refractivity (Wildman–Crippen MR) is 93.2 cm³/mol. The third kappa shape index (κ3) is 3.13. The molecule has 1 N–H and O–H groups in total. The van der Waals surface area contributed by atoms with Crippen molar-refractivity contribution in [1.29, 1.82) is 0 Å². The highest BCUT2D eigenvalue weighted by atomic mass is 35.5. The maximum Gasteiger partial charge on any atom is 0.251 e. The Balaban J connectivity index is 2.04. The van der Waals surface area contributed by atoms with E-state index in [1.807, 2.05) is 18.2 Å². The number of carbonyl (C=O) groups excluding carboxylic acids is 1. The van der Waals surface area contributed by atoms with Gasteiger partial charge in [0.1, 0.15) is 5.75 Å². The topological polar surface area (TPSA) is 41.6 Å². The molecule has 0 saturated carbocycles. The Morgan fingerprint density at radius 2 is 2.09 bits per heavy atom. The smallest absolute Gasteiger partial charge is 0.251 e. The van der Waals surface area contributed by atoms with E-state index in [-0.39, 0.29) is 5.91 Å². The van der Waals surface area contributed by atoms with Crippen molar-refractivity contribution in [3.63, 3.8) is 0 Å².